The van der Waals surface area contributed by atoms with Crippen LogP contribution in [0.5, 0.6) is 0 Å². The van der Waals surface area contributed by atoms with E-state index >= 15 is 0 Å². The summed E-state index contributed by atoms with van der Waals surface area (Å²) in [6.45, 7) is 5.24. The second kappa shape index (κ2) is 7.22. The minimum absolute atomic E-state index is 0.00571. The number of amides is 1. The Hall–Kier alpha value is -1.96. The first kappa shape index (κ1) is 18.4. The summed E-state index contributed by atoms with van der Waals surface area (Å²) in [4.78, 5) is 32.5. The van der Waals surface area contributed by atoms with Crippen LogP contribution in [-0.4, -0.2) is 43.2 Å². The standard InChI is InChI=1S/C19H27N5O2S/c1-12-16(27-13(2)20-12)18(25)23-10-8-14(9-11-23)17-21-22(3)19(26)24(17)15-6-4-5-7-15/h14-15H,4-11H2,1-3H3. The van der Waals surface area contributed by atoms with E-state index in [0.717, 1.165) is 47.1 Å². The number of piperidine rings is 1. The minimum Gasteiger partial charge on any atom is -0.338 e. The number of likely N-dealkylation sites (tertiary alicyclic amines) is 1. The number of aryl methyl sites for hydroxylation is 3. The lowest BCUT2D eigenvalue weighted by Crippen LogP contribution is -2.38. The van der Waals surface area contributed by atoms with Gasteiger partial charge in [0, 0.05) is 32.1 Å². The second-order valence-corrected chi connectivity index (χ2v) is 8.99. The smallest absolute Gasteiger partial charge is 0.338 e. The molecule has 0 unspecified atom stereocenters. The Morgan fingerprint density at radius 1 is 1.11 bits per heavy atom. The largest absolute Gasteiger partial charge is 0.345 e. The fraction of sp³-hybridized carbons (Fsp3) is 0.684. The van der Waals surface area contributed by atoms with Crippen LogP contribution in [0, 0.1) is 13.8 Å². The second-order valence-electron chi connectivity index (χ2n) is 7.79. The van der Waals surface area contributed by atoms with Gasteiger partial charge in [0.25, 0.3) is 5.91 Å². The third kappa shape index (κ3) is 3.35. The van der Waals surface area contributed by atoms with Crippen LogP contribution < -0.4 is 5.69 Å². The third-order valence-corrected chi connectivity index (χ3v) is 6.98. The molecule has 1 saturated heterocycles. The highest BCUT2D eigenvalue weighted by molar-refractivity contribution is 7.13. The van der Waals surface area contributed by atoms with E-state index in [0.29, 0.717) is 19.1 Å². The van der Waals surface area contributed by atoms with Crippen molar-refractivity contribution in [3.05, 3.63) is 31.9 Å². The highest BCUT2D eigenvalue weighted by Crippen LogP contribution is 2.34. The van der Waals surface area contributed by atoms with Crippen molar-refractivity contribution in [2.24, 2.45) is 7.05 Å². The number of hydrogen-bond donors (Lipinski definition) is 0. The van der Waals surface area contributed by atoms with Gasteiger partial charge < -0.3 is 4.90 Å². The molecule has 2 aromatic heterocycles. The number of nitrogens with zero attached hydrogens (tertiary/aromatic N) is 5. The zero-order valence-electron chi connectivity index (χ0n) is 16.3. The minimum atomic E-state index is 0.00571. The van der Waals surface area contributed by atoms with Crippen molar-refractivity contribution in [2.75, 3.05) is 13.1 Å². The van der Waals surface area contributed by atoms with E-state index in [2.05, 4.69) is 10.1 Å². The third-order valence-electron chi connectivity index (χ3n) is 5.92. The van der Waals surface area contributed by atoms with Gasteiger partial charge in [0.1, 0.15) is 10.7 Å². The van der Waals surface area contributed by atoms with Gasteiger partial charge >= 0.3 is 5.69 Å². The summed E-state index contributed by atoms with van der Waals surface area (Å²) in [5.41, 5.74) is 0.829. The molecule has 4 rings (SSSR count). The van der Waals surface area contributed by atoms with Crippen molar-refractivity contribution in [1.82, 2.24) is 24.2 Å². The molecule has 1 amide bonds. The molecule has 0 aromatic carbocycles. The van der Waals surface area contributed by atoms with Gasteiger partial charge in [-0.1, -0.05) is 12.8 Å². The molecule has 146 valence electrons. The summed E-state index contributed by atoms with van der Waals surface area (Å²) in [6.07, 6.45) is 6.22. The Morgan fingerprint density at radius 2 is 1.78 bits per heavy atom. The Morgan fingerprint density at radius 3 is 2.37 bits per heavy atom. The molecule has 2 aliphatic rings. The average Bonchev–Trinajstić information content (AvgIpc) is 3.35. The summed E-state index contributed by atoms with van der Waals surface area (Å²) in [6, 6.07) is 0.295. The molecule has 3 heterocycles. The van der Waals surface area contributed by atoms with Crippen molar-refractivity contribution in [3.63, 3.8) is 0 Å². The van der Waals surface area contributed by atoms with Crippen molar-refractivity contribution in [3.8, 4) is 0 Å². The average molecular weight is 390 g/mol. The summed E-state index contributed by atoms with van der Waals surface area (Å²) in [5.74, 6) is 1.25. The number of carbonyl (C=O) groups excluding carboxylic acids is 1. The number of rotatable bonds is 3. The summed E-state index contributed by atoms with van der Waals surface area (Å²) in [7, 11) is 1.74. The first-order valence-electron chi connectivity index (χ1n) is 9.84. The molecular weight excluding hydrogens is 362 g/mol. The molecule has 7 nitrogen and oxygen atoms in total. The molecule has 1 saturated carbocycles. The van der Waals surface area contributed by atoms with Crippen LogP contribution in [0.1, 0.15) is 76.7 Å². The molecule has 0 spiro atoms. The monoisotopic (exact) mass is 389 g/mol. The van der Waals surface area contributed by atoms with Gasteiger partial charge in [-0.2, -0.15) is 5.10 Å². The molecule has 1 aliphatic heterocycles. The van der Waals surface area contributed by atoms with E-state index in [-0.39, 0.29) is 17.5 Å². The molecular formula is C19H27N5O2S. The molecule has 0 bridgehead atoms. The van der Waals surface area contributed by atoms with Gasteiger partial charge in [-0.3, -0.25) is 9.36 Å². The molecule has 0 atom stereocenters. The van der Waals surface area contributed by atoms with E-state index < -0.39 is 0 Å². The maximum atomic E-state index is 12.8. The predicted molar refractivity (Wildman–Crippen MR) is 104 cm³/mol. The van der Waals surface area contributed by atoms with E-state index in [4.69, 9.17) is 0 Å². The highest BCUT2D eigenvalue weighted by atomic mass is 32.1. The number of thiazole rings is 1. The summed E-state index contributed by atoms with van der Waals surface area (Å²) in [5, 5.41) is 5.51. The molecule has 0 radical (unpaired) electrons. The quantitative estimate of drug-likeness (QED) is 0.809. The lowest BCUT2D eigenvalue weighted by molar-refractivity contribution is 0.0713. The highest BCUT2D eigenvalue weighted by Gasteiger charge is 2.32. The lowest BCUT2D eigenvalue weighted by atomic mass is 9.95. The van der Waals surface area contributed by atoms with Crippen LogP contribution in [0.2, 0.25) is 0 Å². The zero-order valence-corrected chi connectivity index (χ0v) is 17.1. The van der Waals surface area contributed by atoms with Crippen LogP contribution in [0.4, 0.5) is 0 Å². The summed E-state index contributed by atoms with van der Waals surface area (Å²) >= 11 is 1.47. The van der Waals surface area contributed by atoms with E-state index in [1.54, 1.807) is 7.05 Å². The van der Waals surface area contributed by atoms with Crippen LogP contribution in [0.15, 0.2) is 4.79 Å². The molecule has 1 aliphatic carbocycles. The van der Waals surface area contributed by atoms with Crippen LogP contribution in [0.3, 0.4) is 0 Å². The molecule has 27 heavy (non-hydrogen) atoms. The van der Waals surface area contributed by atoms with E-state index in [1.165, 1.54) is 28.9 Å². The van der Waals surface area contributed by atoms with Crippen molar-refractivity contribution >= 4 is 17.2 Å². The van der Waals surface area contributed by atoms with Crippen molar-refractivity contribution in [2.45, 2.75) is 64.3 Å². The van der Waals surface area contributed by atoms with Gasteiger partial charge in [-0.05, 0) is 39.5 Å². The Balaban J connectivity index is 1.50. The maximum absolute atomic E-state index is 12.8. The van der Waals surface area contributed by atoms with Crippen molar-refractivity contribution < 1.29 is 4.79 Å². The zero-order chi connectivity index (χ0) is 19.1. The lowest BCUT2D eigenvalue weighted by Gasteiger charge is -2.32. The normalized spacial score (nSPS) is 19.1. The van der Waals surface area contributed by atoms with Gasteiger partial charge in [-0.25, -0.2) is 14.5 Å². The van der Waals surface area contributed by atoms with Gasteiger partial charge in [0.15, 0.2) is 0 Å². The van der Waals surface area contributed by atoms with Crippen LogP contribution >= 0.6 is 11.3 Å². The number of aromatic nitrogens is 4. The summed E-state index contributed by atoms with van der Waals surface area (Å²) < 4.78 is 3.43. The molecule has 0 N–H and O–H groups in total. The Kier molecular flexibility index (Phi) is 4.92. The van der Waals surface area contributed by atoms with Gasteiger partial charge in [0.05, 0.1) is 10.7 Å². The molecule has 8 heteroatoms. The Labute approximate surface area is 163 Å². The van der Waals surface area contributed by atoms with Gasteiger partial charge in [-0.15, -0.1) is 11.3 Å². The number of hydrogen-bond acceptors (Lipinski definition) is 5. The van der Waals surface area contributed by atoms with E-state index in [1.807, 2.05) is 23.3 Å². The van der Waals surface area contributed by atoms with Crippen molar-refractivity contribution in [1.29, 1.82) is 0 Å². The van der Waals surface area contributed by atoms with E-state index in [9.17, 15) is 9.59 Å². The van der Waals surface area contributed by atoms with Crippen LogP contribution in [0.25, 0.3) is 0 Å². The topological polar surface area (TPSA) is 73.0 Å². The molecule has 2 fully saturated rings. The Bertz CT molecular complexity index is 898. The van der Waals surface area contributed by atoms with Gasteiger partial charge in [0.2, 0.25) is 0 Å². The SMILES string of the molecule is Cc1nc(C)c(C(=O)N2CCC(c3nn(C)c(=O)n3C3CCCC3)CC2)s1. The molecule has 2 aromatic rings. The fourth-order valence-electron chi connectivity index (χ4n) is 4.50. The predicted octanol–water partition coefficient (Wildman–Crippen LogP) is 2.79. The first-order chi connectivity index (χ1) is 13.0. The number of carbonyl (C=O) groups is 1. The maximum Gasteiger partial charge on any atom is 0.345 e. The van der Waals surface area contributed by atoms with Crippen LogP contribution in [-0.2, 0) is 7.05 Å². The fourth-order valence-corrected chi connectivity index (χ4v) is 5.38. The first-order valence-corrected chi connectivity index (χ1v) is 10.7.